The largest absolute Gasteiger partial charge is 0.322 e. The van der Waals surface area contributed by atoms with E-state index in [1.54, 1.807) is 24.3 Å². The number of carbonyl (C=O) groups excluding carboxylic acids is 1. The van der Waals surface area contributed by atoms with Crippen LogP contribution in [0.15, 0.2) is 54.1 Å². The Bertz CT molecular complexity index is 858. The van der Waals surface area contributed by atoms with Gasteiger partial charge in [0.2, 0.25) is 0 Å². The van der Waals surface area contributed by atoms with Gasteiger partial charge in [0.1, 0.15) is 5.25 Å². The third kappa shape index (κ3) is 4.73. The first kappa shape index (κ1) is 20.8. The monoisotopic (exact) mass is 403 g/mol. The van der Waals surface area contributed by atoms with E-state index >= 15 is 0 Å². The van der Waals surface area contributed by atoms with E-state index in [9.17, 15) is 13.2 Å². The van der Waals surface area contributed by atoms with Crippen LogP contribution in [0.5, 0.6) is 0 Å². The number of rotatable bonds is 6. The highest BCUT2D eigenvalue weighted by Gasteiger charge is 2.40. The summed E-state index contributed by atoms with van der Waals surface area (Å²) < 4.78 is 31.8. The lowest BCUT2D eigenvalue weighted by Crippen LogP contribution is -2.39. The van der Waals surface area contributed by atoms with E-state index in [2.05, 4.69) is 26.1 Å². The van der Waals surface area contributed by atoms with Crippen molar-refractivity contribution >= 4 is 21.7 Å². The van der Waals surface area contributed by atoms with Crippen LogP contribution in [0.2, 0.25) is 0 Å². The summed E-state index contributed by atoms with van der Waals surface area (Å²) in [7, 11) is -3.95. The van der Waals surface area contributed by atoms with E-state index < -0.39 is 21.3 Å². The Labute approximate surface area is 168 Å². The Hall–Kier alpha value is -1.92. The highest BCUT2D eigenvalue weighted by molar-refractivity contribution is 7.87. The highest BCUT2D eigenvalue weighted by atomic mass is 32.2. The van der Waals surface area contributed by atoms with Crippen LogP contribution in [0.25, 0.3) is 0 Å². The SMILES string of the molecule is CC(C)[C@@H]1CC[C@@H](C)C[C@H]1OS(=O)(=O)C1C=CC=C1C(=O)Nc1ccccc1. The Kier molecular flexibility index (Phi) is 6.40. The minimum absolute atomic E-state index is 0.189. The molecule has 1 aromatic rings. The first-order chi connectivity index (χ1) is 13.3. The number of amides is 1. The molecule has 0 radical (unpaired) electrons. The molecule has 2 aliphatic carbocycles. The maximum absolute atomic E-state index is 13.0. The van der Waals surface area contributed by atoms with Gasteiger partial charge in [0, 0.05) is 11.3 Å². The molecule has 28 heavy (non-hydrogen) atoms. The first-order valence-electron chi connectivity index (χ1n) is 9.95. The van der Waals surface area contributed by atoms with E-state index in [1.807, 2.05) is 18.2 Å². The minimum atomic E-state index is -3.95. The van der Waals surface area contributed by atoms with Crippen molar-refractivity contribution in [1.82, 2.24) is 0 Å². The molecule has 5 nitrogen and oxygen atoms in total. The van der Waals surface area contributed by atoms with Crippen LogP contribution < -0.4 is 5.32 Å². The lowest BCUT2D eigenvalue weighted by molar-refractivity contribution is -0.112. The molecule has 0 spiro atoms. The second-order valence-electron chi connectivity index (χ2n) is 8.20. The predicted molar refractivity (Wildman–Crippen MR) is 111 cm³/mol. The zero-order chi connectivity index (χ0) is 20.3. The lowest BCUT2D eigenvalue weighted by Gasteiger charge is -2.37. The molecule has 0 aliphatic heterocycles. The maximum atomic E-state index is 13.0. The van der Waals surface area contributed by atoms with Crippen molar-refractivity contribution in [2.75, 3.05) is 5.32 Å². The molecule has 4 atom stereocenters. The van der Waals surface area contributed by atoms with Gasteiger partial charge in [0.05, 0.1) is 6.10 Å². The number of hydrogen-bond acceptors (Lipinski definition) is 4. The maximum Gasteiger partial charge on any atom is 0.278 e. The minimum Gasteiger partial charge on any atom is -0.322 e. The van der Waals surface area contributed by atoms with Crippen LogP contribution in [0.4, 0.5) is 5.69 Å². The molecule has 1 fully saturated rings. The van der Waals surface area contributed by atoms with Crippen molar-refractivity contribution in [2.45, 2.75) is 51.4 Å². The first-order valence-corrected chi connectivity index (χ1v) is 11.4. The Morgan fingerprint density at radius 2 is 1.89 bits per heavy atom. The van der Waals surface area contributed by atoms with Gasteiger partial charge in [0.25, 0.3) is 16.0 Å². The fourth-order valence-electron chi connectivity index (χ4n) is 4.10. The Morgan fingerprint density at radius 1 is 1.18 bits per heavy atom. The van der Waals surface area contributed by atoms with Crippen molar-refractivity contribution in [1.29, 1.82) is 0 Å². The van der Waals surface area contributed by atoms with Gasteiger partial charge in [-0.3, -0.25) is 8.98 Å². The van der Waals surface area contributed by atoms with Crippen LogP contribution >= 0.6 is 0 Å². The molecule has 0 bridgehead atoms. The molecule has 1 unspecified atom stereocenters. The molecule has 1 saturated carbocycles. The van der Waals surface area contributed by atoms with Crippen molar-refractivity contribution in [2.24, 2.45) is 17.8 Å². The van der Waals surface area contributed by atoms with Crippen LogP contribution in [0.3, 0.4) is 0 Å². The van der Waals surface area contributed by atoms with Crippen LogP contribution in [0.1, 0.15) is 40.0 Å². The summed E-state index contributed by atoms with van der Waals surface area (Å²) in [5.41, 5.74) is 0.812. The molecule has 6 heteroatoms. The molecule has 3 rings (SSSR count). The summed E-state index contributed by atoms with van der Waals surface area (Å²) >= 11 is 0. The number of hydrogen-bond donors (Lipinski definition) is 1. The van der Waals surface area contributed by atoms with Crippen LogP contribution in [-0.4, -0.2) is 25.7 Å². The normalized spacial score (nSPS) is 27.6. The molecule has 1 aromatic carbocycles. The number of para-hydroxylation sites is 1. The average molecular weight is 404 g/mol. The van der Waals surface area contributed by atoms with Crippen molar-refractivity contribution in [3.8, 4) is 0 Å². The van der Waals surface area contributed by atoms with Crippen LogP contribution in [0, 0.1) is 17.8 Å². The standard InChI is InChI=1S/C22H29NO4S/c1-15(2)18-13-12-16(3)14-20(18)27-28(25,26)21-11-7-10-19(21)22(24)23-17-8-5-4-6-9-17/h4-11,15-16,18,20-21H,12-14H2,1-3H3,(H,23,24)/t16-,18+,20-,21?/m1/s1. The van der Waals surface area contributed by atoms with Crippen molar-refractivity contribution < 1.29 is 17.4 Å². The summed E-state index contributed by atoms with van der Waals surface area (Å²) in [4.78, 5) is 12.6. The molecule has 1 N–H and O–H groups in total. The second kappa shape index (κ2) is 8.62. The fraction of sp³-hybridized carbons (Fsp3) is 0.500. The summed E-state index contributed by atoms with van der Waals surface area (Å²) in [5, 5.41) is 1.69. The van der Waals surface area contributed by atoms with Gasteiger partial charge in [-0.05, 0) is 42.7 Å². The number of nitrogens with one attached hydrogen (secondary N) is 1. The number of benzene rings is 1. The summed E-state index contributed by atoms with van der Waals surface area (Å²) in [6.45, 7) is 6.35. The predicted octanol–water partition coefficient (Wildman–Crippen LogP) is 4.30. The van der Waals surface area contributed by atoms with E-state index in [4.69, 9.17) is 4.18 Å². The third-order valence-corrected chi connectivity index (χ3v) is 7.24. The van der Waals surface area contributed by atoms with Crippen molar-refractivity contribution in [3.63, 3.8) is 0 Å². The molecule has 1 amide bonds. The zero-order valence-electron chi connectivity index (χ0n) is 16.7. The number of allylic oxidation sites excluding steroid dienone is 2. The van der Waals surface area contributed by atoms with Gasteiger partial charge < -0.3 is 5.32 Å². The molecule has 2 aliphatic rings. The van der Waals surface area contributed by atoms with Gasteiger partial charge in [-0.1, -0.05) is 63.6 Å². The highest BCUT2D eigenvalue weighted by Crippen LogP contribution is 2.37. The quantitative estimate of drug-likeness (QED) is 0.719. The van der Waals surface area contributed by atoms with Gasteiger partial charge >= 0.3 is 0 Å². The summed E-state index contributed by atoms with van der Waals surface area (Å²) in [5.74, 6) is 0.571. The summed E-state index contributed by atoms with van der Waals surface area (Å²) in [6.07, 6.45) is 7.14. The molecule has 0 saturated heterocycles. The molecular weight excluding hydrogens is 374 g/mol. The molecule has 152 valence electrons. The van der Waals surface area contributed by atoms with Crippen LogP contribution in [-0.2, 0) is 19.1 Å². The molecule has 0 heterocycles. The topological polar surface area (TPSA) is 72.5 Å². The van der Waals surface area contributed by atoms with Gasteiger partial charge in [-0.2, -0.15) is 8.42 Å². The van der Waals surface area contributed by atoms with E-state index in [0.717, 1.165) is 19.3 Å². The second-order valence-corrected chi connectivity index (χ2v) is 9.89. The summed E-state index contributed by atoms with van der Waals surface area (Å²) in [6, 6.07) is 8.99. The van der Waals surface area contributed by atoms with Gasteiger partial charge in [-0.25, -0.2) is 0 Å². The van der Waals surface area contributed by atoms with Gasteiger partial charge in [-0.15, -0.1) is 0 Å². The van der Waals surface area contributed by atoms with E-state index in [-0.39, 0.29) is 17.6 Å². The smallest absolute Gasteiger partial charge is 0.278 e. The molecular formula is C22H29NO4S. The molecule has 0 aromatic heterocycles. The van der Waals surface area contributed by atoms with E-state index in [0.29, 0.717) is 17.5 Å². The third-order valence-electron chi connectivity index (χ3n) is 5.69. The lowest BCUT2D eigenvalue weighted by atomic mass is 9.75. The Morgan fingerprint density at radius 3 is 2.57 bits per heavy atom. The number of anilines is 1. The Balaban J connectivity index is 1.74. The zero-order valence-corrected chi connectivity index (χ0v) is 17.5. The van der Waals surface area contributed by atoms with Gasteiger partial charge in [0.15, 0.2) is 0 Å². The number of carbonyl (C=O) groups is 1. The van der Waals surface area contributed by atoms with E-state index in [1.165, 1.54) is 6.08 Å². The van der Waals surface area contributed by atoms with Crippen molar-refractivity contribution in [3.05, 3.63) is 54.1 Å². The fourth-order valence-corrected chi connectivity index (χ4v) is 5.56. The average Bonchev–Trinajstić information content (AvgIpc) is 3.13.